The fourth-order valence-corrected chi connectivity index (χ4v) is 2.63. The molecule has 0 radical (unpaired) electrons. The van der Waals surface area contributed by atoms with Crippen LogP contribution in [0.1, 0.15) is 48.4 Å². The average molecular weight is 323 g/mol. The third-order valence-corrected chi connectivity index (χ3v) is 3.87. The van der Waals surface area contributed by atoms with E-state index in [1.165, 1.54) is 0 Å². The number of rotatable bonds is 2. The molecule has 0 aliphatic carbocycles. The normalized spacial score (nSPS) is 13.6. The van der Waals surface area contributed by atoms with Crippen LogP contribution in [0.25, 0.3) is 0 Å². The Labute approximate surface area is 141 Å². The summed E-state index contributed by atoms with van der Waals surface area (Å²) in [5.74, 6) is 7.27. The number of aromatic nitrogens is 2. The number of hydrogen-bond acceptors (Lipinski definition) is 3. The lowest BCUT2D eigenvalue weighted by Gasteiger charge is -2.16. The van der Waals surface area contributed by atoms with Crippen LogP contribution in [0.4, 0.5) is 5.82 Å². The summed E-state index contributed by atoms with van der Waals surface area (Å²) in [7, 11) is 0. The highest BCUT2D eigenvalue weighted by atomic mass is 16.3. The fraction of sp³-hybridized carbons (Fsp3) is 0.368. The third kappa shape index (κ3) is 3.84. The maximum absolute atomic E-state index is 12.4. The molecule has 2 N–H and O–H groups in total. The standard InChI is InChI=1S/C19H21N3O2/c1-19(2,24)11-10-14-6-8-15(9-7-14)18(23)21-17-13-20-16-5-3-4-12-22(16)17/h6-9,13,24H,3-5,12H2,1-2H3,(H,21,23). The van der Waals surface area contributed by atoms with Gasteiger partial charge in [-0.2, -0.15) is 0 Å². The second kappa shape index (κ2) is 6.50. The molecular formula is C19H21N3O2. The van der Waals surface area contributed by atoms with Gasteiger partial charge in [0.25, 0.3) is 5.91 Å². The van der Waals surface area contributed by atoms with Crippen molar-refractivity contribution in [2.45, 2.75) is 45.3 Å². The first-order chi connectivity index (χ1) is 11.4. The molecule has 5 heteroatoms. The van der Waals surface area contributed by atoms with Crippen molar-refractivity contribution in [3.05, 3.63) is 47.4 Å². The Kier molecular flexibility index (Phi) is 4.41. The molecule has 3 rings (SSSR count). The highest BCUT2D eigenvalue weighted by molar-refractivity contribution is 6.03. The van der Waals surface area contributed by atoms with Crippen LogP contribution in [0.5, 0.6) is 0 Å². The first-order valence-corrected chi connectivity index (χ1v) is 8.14. The lowest BCUT2D eigenvalue weighted by atomic mass is 10.1. The topological polar surface area (TPSA) is 67.2 Å². The van der Waals surface area contributed by atoms with Crippen molar-refractivity contribution in [2.24, 2.45) is 0 Å². The maximum atomic E-state index is 12.4. The quantitative estimate of drug-likeness (QED) is 0.835. The van der Waals surface area contributed by atoms with Crippen molar-refractivity contribution in [3.63, 3.8) is 0 Å². The predicted molar refractivity (Wildman–Crippen MR) is 92.7 cm³/mol. The second-order valence-corrected chi connectivity index (χ2v) is 6.51. The van der Waals surface area contributed by atoms with Crippen molar-refractivity contribution < 1.29 is 9.90 Å². The van der Waals surface area contributed by atoms with E-state index in [-0.39, 0.29) is 5.91 Å². The van der Waals surface area contributed by atoms with E-state index in [9.17, 15) is 9.90 Å². The summed E-state index contributed by atoms with van der Waals surface area (Å²) in [5, 5.41) is 12.5. The largest absolute Gasteiger partial charge is 0.378 e. The van der Waals surface area contributed by atoms with E-state index in [0.717, 1.165) is 43.0 Å². The molecule has 1 aliphatic heterocycles. The molecule has 0 saturated carbocycles. The molecule has 2 aromatic rings. The Balaban J connectivity index is 1.71. The Morgan fingerprint density at radius 3 is 2.75 bits per heavy atom. The summed E-state index contributed by atoms with van der Waals surface area (Å²) >= 11 is 0. The van der Waals surface area contributed by atoms with Crippen LogP contribution in [-0.4, -0.2) is 26.2 Å². The van der Waals surface area contributed by atoms with Gasteiger partial charge in [0.05, 0.1) is 6.20 Å². The minimum absolute atomic E-state index is 0.162. The molecule has 0 atom stereocenters. The molecular weight excluding hydrogens is 302 g/mol. The zero-order valence-electron chi connectivity index (χ0n) is 14.0. The van der Waals surface area contributed by atoms with E-state index >= 15 is 0 Å². The summed E-state index contributed by atoms with van der Waals surface area (Å²) in [6, 6.07) is 7.02. The van der Waals surface area contributed by atoms with Crippen molar-refractivity contribution in [1.82, 2.24) is 9.55 Å². The molecule has 1 aromatic heterocycles. The molecule has 0 saturated heterocycles. The monoisotopic (exact) mass is 323 g/mol. The smallest absolute Gasteiger partial charge is 0.256 e. The van der Waals surface area contributed by atoms with Crippen molar-refractivity contribution in [3.8, 4) is 11.8 Å². The van der Waals surface area contributed by atoms with Crippen LogP contribution in [0.15, 0.2) is 30.5 Å². The molecule has 5 nitrogen and oxygen atoms in total. The van der Waals surface area contributed by atoms with Gasteiger partial charge < -0.3 is 15.0 Å². The number of anilines is 1. The molecule has 0 fully saturated rings. The number of benzene rings is 1. The summed E-state index contributed by atoms with van der Waals surface area (Å²) in [6.45, 7) is 4.17. The van der Waals surface area contributed by atoms with Gasteiger partial charge in [0.1, 0.15) is 17.2 Å². The van der Waals surface area contributed by atoms with Gasteiger partial charge in [-0.1, -0.05) is 11.8 Å². The summed E-state index contributed by atoms with van der Waals surface area (Å²) in [6.07, 6.45) is 4.95. The number of amides is 1. The van der Waals surface area contributed by atoms with Gasteiger partial charge in [-0.25, -0.2) is 4.98 Å². The van der Waals surface area contributed by atoms with Gasteiger partial charge in [0, 0.05) is 24.1 Å². The van der Waals surface area contributed by atoms with Crippen molar-refractivity contribution >= 4 is 11.7 Å². The number of aryl methyl sites for hydroxylation is 1. The zero-order valence-corrected chi connectivity index (χ0v) is 14.0. The summed E-state index contributed by atoms with van der Waals surface area (Å²) in [4.78, 5) is 16.8. The summed E-state index contributed by atoms with van der Waals surface area (Å²) in [5.41, 5.74) is 0.294. The first kappa shape index (κ1) is 16.3. The number of imidazole rings is 1. The molecule has 1 aromatic carbocycles. The second-order valence-electron chi connectivity index (χ2n) is 6.51. The molecule has 24 heavy (non-hydrogen) atoms. The number of aliphatic hydroxyl groups is 1. The average Bonchev–Trinajstić information content (AvgIpc) is 2.96. The zero-order chi connectivity index (χ0) is 17.2. The number of hydrogen-bond donors (Lipinski definition) is 2. The molecule has 2 heterocycles. The van der Waals surface area contributed by atoms with Gasteiger partial charge in [-0.05, 0) is 51.0 Å². The van der Waals surface area contributed by atoms with E-state index in [4.69, 9.17) is 0 Å². The Hall–Kier alpha value is -2.58. The van der Waals surface area contributed by atoms with Gasteiger partial charge in [-0.15, -0.1) is 0 Å². The van der Waals surface area contributed by atoms with E-state index in [2.05, 4.69) is 26.7 Å². The van der Waals surface area contributed by atoms with Gasteiger partial charge >= 0.3 is 0 Å². The number of carbonyl (C=O) groups is 1. The number of carbonyl (C=O) groups excluding carboxylic acids is 1. The van der Waals surface area contributed by atoms with Gasteiger partial charge in [0.2, 0.25) is 0 Å². The van der Waals surface area contributed by atoms with Crippen molar-refractivity contribution in [2.75, 3.05) is 5.32 Å². The lowest BCUT2D eigenvalue weighted by molar-refractivity contribution is 0.102. The molecule has 0 spiro atoms. The SMILES string of the molecule is CC(C)(O)C#Cc1ccc(C(=O)Nc2cnc3n2CCCC3)cc1. The number of fused-ring (bicyclic) bond motifs is 1. The molecule has 1 amide bonds. The summed E-state index contributed by atoms with van der Waals surface area (Å²) < 4.78 is 2.07. The molecule has 124 valence electrons. The van der Waals surface area contributed by atoms with Crippen LogP contribution in [-0.2, 0) is 13.0 Å². The van der Waals surface area contributed by atoms with Gasteiger partial charge in [0.15, 0.2) is 0 Å². The first-order valence-electron chi connectivity index (χ1n) is 8.14. The van der Waals surface area contributed by atoms with E-state index in [0.29, 0.717) is 5.56 Å². The Morgan fingerprint density at radius 1 is 1.29 bits per heavy atom. The van der Waals surface area contributed by atoms with Crippen LogP contribution in [0.2, 0.25) is 0 Å². The highest BCUT2D eigenvalue weighted by Gasteiger charge is 2.16. The predicted octanol–water partition coefficient (Wildman–Crippen LogP) is 2.59. The maximum Gasteiger partial charge on any atom is 0.256 e. The fourth-order valence-electron chi connectivity index (χ4n) is 2.63. The molecule has 1 aliphatic rings. The van der Waals surface area contributed by atoms with Crippen LogP contribution >= 0.6 is 0 Å². The van der Waals surface area contributed by atoms with Crippen LogP contribution in [0, 0.1) is 11.8 Å². The van der Waals surface area contributed by atoms with E-state index < -0.39 is 5.60 Å². The Bertz CT molecular complexity index is 802. The highest BCUT2D eigenvalue weighted by Crippen LogP contribution is 2.20. The number of nitrogens with one attached hydrogen (secondary N) is 1. The number of nitrogens with zero attached hydrogens (tertiary/aromatic N) is 2. The molecule has 0 unspecified atom stereocenters. The van der Waals surface area contributed by atoms with Crippen LogP contribution in [0.3, 0.4) is 0 Å². The Morgan fingerprint density at radius 2 is 2.04 bits per heavy atom. The lowest BCUT2D eigenvalue weighted by Crippen LogP contribution is -2.18. The van der Waals surface area contributed by atoms with Crippen molar-refractivity contribution in [1.29, 1.82) is 0 Å². The third-order valence-electron chi connectivity index (χ3n) is 3.87. The van der Waals surface area contributed by atoms with Gasteiger partial charge in [-0.3, -0.25) is 4.79 Å². The molecule has 0 bridgehead atoms. The van der Waals surface area contributed by atoms with Crippen LogP contribution < -0.4 is 5.32 Å². The minimum atomic E-state index is -1.03. The van der Waals surface area contributed by atoms with E-state index in [1.54, 1.807) is 44.3 Å². The minimum Gasteiger partial charge on any atom is -0.378 e. The van der Waals surface area contributed by atoms with E-state index in [1.807, 2.05) is 0 Å².